The molecule has 0 unspecified atom stereocenters. The summed E-state index contributed by atoms with van der Waals surface area (Å²) in [5.74, 6) is 0.408. The number of H-pyrrole nitrogens is 1. The number of benzene rings is 1. The van der Waals surface area contributed by atoms with E-state index in [2.05, 4.69) is 24.0 Å². The molecule has 1 N–H and O–H groups in total. The molecule has 2 rings (SSSR count). The normalized spacial score (nSPS) is 12.0. The van der Waals surface area contributed by atoms with Gasteiger partial charge in [0.2, 0.25) is 0 Å². The number of hydrogen-bond acceptors (Lipinski definition) is 4. The maximum Gasteiger partial charge on any atom is 0.340 e. The molecule has 5 heteroatoms. The fraction of sp³-hybridized carbons (Fsp3) is 0.400. The Labute approximate surface area is 153 Å². The van der Waals surface area contributed by atoms with Crippen LogP contribution in [0.4, 0.5) is 0 Å². The van der Waals surface area contributed by atoms with Crippen LogP contribution in [0.1, 0.15) is 57.1 Å². The van der Waals surface area contributed by atoms with Crippen LogP contribution in [-0.4, -0.2) is 28.6 Å². The summed E-state index contributed by atoms with van der Waals surface area (Å²) in [5, 5.41) is -0.202. The van der Waals surface area contributed by atoms with Gasteiger partial charge < -0.3 is 9.72 Å². The molecule has 0 bridgehead atoms. The number of Topliss-reactive ketones (excluding diaryl/α,β-unsaturated/α-hetero) is 1. The molecule has 25 heavy (non-hydrogen) atoms. The minimum absolute atomic E-state index is 0.00901. The fourth-order valence-electron chi connectivity index (χ4n) is 2.77. The van der Waals surface area contributed by atoms with Gasteiger partial charge in [0.05, 0.1) is 23.1 Å². The lowest BCUT2D eigenvalue weighted by Gasteiger charge is -2.11. The Morgan fingerprint density at radius 3 is 2.52 bits per heavy atom. The maximum atomic E-state index is 12.8. The summed E-state index contributed by atoms with van der Waals surface area (Å²) in [4.78, 5) is 28.0. The molecule has 0 saturated carbocycles. The van der Waals surface area contributed by atoms with Crippen LogP contribution in [0.15, 0.2) is 24.3 Å². The number of aromatic nitrogens is 1. The van der Waals surface area contributed by atoms with Gasteiger partial charge in [-0.2, -0.15) is 0 Å². The van der Waals surface area contributed by atoms with Crippen molar-refractivity contribution in [2.24, 2.45) is 0 Å². The lowest BCUT2D eigenvalue weighted by molar-refractivity contribution is 0.0525. The molecule has 1 aromatic carbocycles. The van der Waals surface area contributed by atoms with Crippen molar-refractivity contribution in [2.75, 3.05) is 6.61 Å². The zero-order valence-corrected chi connectivity index (χ0v) is 16.3. The van der Waals surface area contributed by atoms with Crippen LogP contribution in [-0.2, 0) is 10.5 Å². The quantitative estimate of drug-likeness (QED) is 0.579. The van der Waals surface area contributed by atoms with E-state index in [-0.39, 0.29) is 17.0 Å². The Morgan fingerprint density at radius 2 is 1.88 bits per heavy atom. The van der Waals surface area contributed by atoms with Crippen LogP contribution in [0.25, 0.3) is 0 Å². The molecule has 0 spiro atoms. The van der Waals surface area contributed by atoms with E-state index >= 15 is 0 Å². The van der Waals surface area contributed by atoms with Crippen molar-refractivity contribution in [3.05, 3.63) is 57.9 Å². The second kappa shape index (κ2) is 8.39. The number of ketones is 1. The van der Waals surface area contributed by atoms with Gasteiger partial charge in [-0.25, -0.2) is 4.79 Å². The van der Waals surface area contributed by atoms with E-state index in [1.54, 1.807) is 32.5 Å². The van der Waals surface area contributed by atoms with Gasteiger partial charge in [-0.1, -0.05) is 24.3 Å². The average Bonchev–Trinajstić information content (AvgIpc) is 2.88. The van der Waals surface area contributed by atoms with Crippen molar-refractivity contribution in [3.63, 3.8) is 0 Å². The Kier molecular flexibility index (Phi) is 6.48. The zero-order valence-electron chi connectivity index (χ0n) is 15.4. The van der Waals surface area contributed by atoms with Gasteiger partial charge >= 0.3 is 5.97 Å². The van der Waals surface area contributed by atoms with Gasteiger partial charge in [0.25, 0.3) is 0 Å². The zero-order chi connectivity index (χ0) is 18.6. The number of hydrogen-bond donors (Lipinski definition) is 1. The number of rotatable bonds is 7. The van der Waals surface area contributed by atoms with Crippen LogP contribution >= 0.6 is 11.8 Å². The first-order valence-electron chi connectivity index (χ1n) is 8.43. The number of esters is 1. The molecule has 0 aliphatic heterocycles. The third-order valence-corrected chi connectivity index (χ3v) is 5.47. The summed E-state index contributed by atoms with van der Waals surface area (Å²) in [6.45, 7) is 9.65. The molecule has 4 nitrogen and oxygen atoms in total. The van der Waals surface area contributed by atoms with Crippen molar-refractivity contribution in [2.45, 2.75) is 45.6 Å². The minimum Gasteiger partial charge on any atom is -0.462 e. The lowest BCUT2D eigenvalue weighted by atomic mass is 10.1. The summed E-state index contributed by atoms with van der Waals surface area (Å²) >= 11 is 1.60. The smallest absolute Gasteiger partial charge is 0.340 e. The van der Waals surface area contributed by atoms with E-state index < -0.39 is 0 Å². The standard InChI is InChI=1S/C20H25NO3S/c1-6-24-20(23)17-13(3)18(21-14(17)4)19(22)15(5)25-11-16-10-8-7-9-12(16)2/h7-10,15,21H,6,11H2,1-5H3/t15-/m1/s1. The molecule has 1 atom stereocenters. The van der Waals surface area contributed by atoms with Gasteiger partial charge in [0, 0.05) is 11.4 Å². The van der Waals surface area contributed by atoms with Gasteiger partial charge in [-0.15, -0.1) is 11.8 Å². The Morgan fingerprint density at radius 1 is 1.20 bits per heavy atom. The number of aromatic amines is 1. The molecule has 0 aliphatic carbocycles. The molecular formula is C20H25NO3S. The Balaban J connectivity index is 2.13. The molecule has 0 amide bonds. The van der Waals surface area contributed by atoms with Crippen molar-refractivity contribution >= 4 is 23.5 Å². The number of thioether (sulfide) groups is 1. The second-order valence-corrected chi connectivity index (χ2v) is 7.42. The number of ether oxygens (including phenoxy) is 1. The summed E-state index contributed by atoms with van der Waals surface area (Å²) < 4.78 is 5.09. The highest BCUT2D eigenvalue weighted by molar-refractivity contribution is 7.99. The molecule has 0 radical (unpaired) electrons. The molecule has 0 saturated heterocycles. The lowest BCUT2D eigenvalue weighted by Crippen LogP contribution is -2.16. The second-order valence-electron chi connectivity index (χ2n) is 6.09. The highest BCUT2D eigenvalue weighted by atomic mass is 32.2. The number of aryl methyl sites for hydroxylation is 2. The predicted molar refractivity (Wildman–Crippen MR) is 102 cm³/mol. The number of carbonyl (C=O) groups is 2. The SMILES string of the molecule is CCOC(=O)c1c(C)[nH]c(C(=O)[C@@H](C)SCc2ccccc2C)c1C. The van der Waals surface area contributed by atoms with E-state index in [0.29, 0.717) is 29.1 Å². The van der Waals surface area contributed by atoms with E-state index in [4.69, 9.17) is 4.74 Å². The summed E-state index contributed by atoms with van der Waals surface area (Å²) in [7, 11) is 0. The third-order valence-electron chi connectivity index (χ3n) is 4.28. The van der Waals surface area contributed by atoms with Gasteiger partial charge in [-0.3, -0.25) is 4.79 Å². The average molecular weight is 359 g/mol. The maximum absolute atomic E-state index is 12.8. The third kappa shape index (κ3) is 4.34. The topological polar surface area (TPSA) is 59.2 Å². The van der Waals surface area contributed by atoms with Crippen LogP contribution < -0.4 is 0 Å². The summed E-state index contributed by atoms with van der Waals surface area (Å²) in [5.41, 5.74) is 4.79. The fourth-order valence-corrected chi connectivity index (χ4v) is 3.79. The van der Waals surface area contributed by atoms with Gasteiger partial charge in [-0.05, 0) is 51.3 Å². The van der Waals surface area contributed by atoms with Gasteiger partial charge in [0.15, 0.2) is 5.78 Å². The van der Waals surface area contributed by atoms with Crippen molar-refractivity contribution in [1.29, 1.82) is 0 Å². The first-order chi connectivity index (χ1) is 11.9. The van der Waals surface area contributed by atoms with Crippen molar-refractivity contribution < 1.29 is 14.3 Å². The monoisotopic (exact) mass is 359 g/mol. The molecule has 134 valence electrons. The molecule has 0 fully saturated rings. The highest BCUT2D eigenvalue weighted by Crippen LogP contribution is 2.26. The molecule has 1 heterocycles. The predicted octanol–water partition coefficient (Wildman–Crippen LogP) is 4.62. The van der Waals surface area contributed by atoms with Crippen LogP contribution in [0.5, 0.6) is 0 Å². The first-order valence-corrected chi connectivity index (χ1v) is 9.48. The molecule has 2 aromatic rings. The van der Waals surface area contributed by atoms with Crippen LogP contribution in [0.3, 0.4) is 0 Å². The van der Waals surface area contributed by atoms with Crippen LogP contribution in [0, 0.1) is 20.8 Å². The van der Waals surface area contributed by atoms with Gasteiger partial charge in [0.1, 0.15) is 0 Å². The molecule has 1 aromatic heterocycles. The van der Waals surface area contributed by atoms with E-state index in [9.17, 15) is 9.59 Å². The summed E-state index contributed by atoms with van der Waals surface area (Å²) in [6, 6.07) is 8.19. The number of carbonyl (C=O) groups excluding carboxylic acids is 2. The minimum atomic E-state index is -0.381. The van der Waals surface area contributed by atoms with E-state index in [1.807, 2.05) is 19.1 Å². The van der Waals surface area contributed by atoms with E-state index in [1.165, 1.54) is 11.1 Å². The molecular weight excluding hydrogens is 334 g/mol. The van der Waals surface area contributed by atoms with Crippen molar-refractivity contribution in [1.82, 2.24) is 4.98 Å². The Hall–Kier alpha value is -2.01. The van der Waals surface area contributed by atoms with E-state index in [0.717, 1.165) is 5.75 Å². The van der Waals surface area contributed by atoms with Crippen molar-refractivity contribution in [3.8, 4) is 0 Å². The summed E-state index contributed by atoms with van der Waals surface area (Å²) in [6.07, 6.45) is 0. The highest BCUT2D eigenvalue weighted by Gasteiger charge is 2.25. The first kappa shape index (κ1) is 19.3. The number of nitrogens with one attached hydrogen (secondary N) is 1. The van der Waals surface area contributed by atoms with Crippen LogP contribution in [0.2, 0.25) is 0 Å². The largest absolute Gasteiger partial charge is 0.462 e. The molecule has 0 aliphatic rings. The Bertz CT molecular complexity index is 779.